The van der Waals surface area contributed by atoms with E-state index in [4.69, 9.17) is 4.74 Å². The third-order valence-corrected chi connectivity index (χ3v) is 4.55. The van der Waals surface area contributed by atoms with E-state index in [2.05, 4.69) is 12.2 Å². The van der Waals surface area contributed by atoms with Gasteiger partial charge in [0.15, 0.2) is 0 Å². The molecule has 3 rings (SSSR count). The van der Waals surface area contributed by atoms with Gasteiger partial charge in [-0.3, -0.25) is 4.79 Å². The lowest BCUT2D eigenvalue weighted by atomic mass is 10.0. The maximum absolute atomic E-state index is 12.6. The molecule has 2 heterocycles. The summed E-state index contributed by atoms with van der Waals surface area (Å²) in [5, 5.41) is 5.27. The lowest BCUT2D eigenvalue weighted by Gasteiger charge is -2.23. The van der Waals surface area contributed by atoms with Gasteiger partial charge in [0, 0.05) is 24.2 Å². The molecule has 1 aliphatic rings. The van der Waals surface area contributed by atoms with Gasteiger partial charge in [0.25, 0.3) is 5.56 Å². The van der Waals surface area contributed by atoms with E-state index in [1.165, 1.54) is 19.3 Å². The summed E-state index contributed by atoms with van der Waals surface area (Å²) in [7, 11) is 0. The Morgan fingerprint density at radius 1 is 1.30 bits per heavy atom. The molecule has 1 aromatic carbocycles. The van der Waals surface area contributed by atoms with Crippen LogP contribution in [0.5, 0.6) is 5.75 Å². The van der Waals surface area contributed by atoms with E-state index in [9.17, 15) is 4.79 Å². The molecule has 0 saturated carbocycles. The molecule has 0 spiro atoms. The summed E-state index contributed by atoms with van der Waals surface area (Å²) >= 11 is 0. The highest BCUT2D eigenvalue weighted by atomic mass is 16.5. The highest BCUT2D eigenvalue weighted by Gasteiger charge is 2.13. The van der Waals surface area contributed by atoms with E-state index in [0.29, 0.717) is 12.6 Å². The summed E-state index contributed by atoms with van der Waals surface area (Å²) in [5.41, 5.74) is 0.0975. The SMILES string of the molecule is CCCOc1ccc2c(=O)n(CCC3CCCCN3)ccc2c1. The number of hydrogen-bond acceptors (Lipinski definition) is 3. The fourth-order valence-corrected chi connectivity index (χ4v) is 3.22. The highest BCUT2D eigenvalue weighted by molar-refractivity contribution is 5.82. The lowest BCUT2D eigenvalue weighted by molar-refractivity contribution is 0.318. The Hall–Kier alpha value is -1.81. The molecule has 23 heavy (non-hydrogen) atoms. The van der Waals surface area contributed by atoms with Crippen molar-refractivity contribution >= 4 is 10.8 Å². The second-order valence-electron chi connectivity index (χ2n) is 6.35. The summed E-state index contributed by atoms with van der Waals surface area (Å²) in [4.78, 5) is 12.6. The van der Waals surface area contributed by atoms with Gasteiger partial charge in [0.1, 0.15) is 5.75 Å². The lowest BCUT2D eigenvalue weighted by Crippen LogP contribution is -2.35. The fraction of sp³-hybridized carbons (Fsp3) is 0.526. The minimum atomic E-state index is 0.0975. The van der Waals surface area contributed by atoms with Crippen molar-refractivity contribution in [2.75, 3.05) is 13.2 Å². The average Bonchev–Trinajstić information content (AvgIpc) is 2.60. The molecule has 1 aromatic heterocycles. The van der Waals surface area contributed by atoms with E-state index in [1.54, 1.807) is 0 Å². The molecule has 0 amide bonds. The molecule has 2 aromatic rings. The van der Waals surface area contributed by atoms with Crippen molar-refractivity contribution in [3.63, 3.8) is 0 Å². The summed E-state index contributed by atoms with van der Waals surface area (Å²) in [6, 6.07) is 8.31. The number of nitrogens with one attached hydrogen (secondary N) is 1. The molecule has 124 valence electrons. The maximum atomic E-state index is 12.6. The normalized spacial score (nSPS) is 18.2. The molecule has 0 radical (unpaired) electrons. The zero-order chi connectivity index (χ0) is 16.1. The minimum Gasteiger partial charge on any atom is -0.494 e. The van der Waals surface area contributed by atoms with Gasteiger partial charge >= 0.3 is 0 Å². The first kappa shape index (κ1) is 16.1. The second kappa shape index (κ2) is 7.64. The van der Waals surface area contributed by atoms with Gasteiger partial charge in [-0.05, 0) is 61.9 Å². The highest BCUT2D eigenvalue weighted by Crippen LogP contribution is 2.19. The maximum Gasteiger partial charge on any atom is 0.258 e. The molecule has 1 aliphatic heterocycles. The number of pyridine rings is 1. The van der Waals surface area contributed by atoms with Gasteiger partial charge in [-0.2, -0.15) is 0 Å². The van der Waals surface area contributed by atoms with E-state index >= 15 is 0 Å². The molecule has 0 bridgehead atoms. The van der Waals surface area contributed by atoms with Crippen LogP contribution in [0.4, 0.5) is 0 Å². The minimum absolute atomic E-state index is 0.0975. The van der Waals surface area contributed by atoms with Crippen LogP contribution in [-0.4, -0.2) is 23.8 Å². The number of nitrogens with zero attached hydrogens (tertiary/aromatic N) is 1. The Bertz CT molecular complexity index is 702. The average molecular weight is 314 g/mol. The first-order valence-corrected chi connectivity index (χ1v) is 8.77. The van der Waals surface area contributed by atoms with Crippen molar-refractivity contribution in [1.29, 1.82) is 0 Å². The van der Waals surface area contributed by atoms with Crippen LogP contribution in [-0.2, 0) is 6.54 Å². The Kier molecular flexibility index (Phi) is 5.34. The van der Waals surface area contributed by atoms with Gasteiger partial charge in [-0.1, -0.05) is 13.3 Å². The topological polar surface area (TPSA) is 43.3 Å². The molecule has 1 N–H and O–H groups in total. The van der Waals surface area contributed by atoms with Gasteiger partial charge in [-0.25, -0.2) is 0 Å². The summed E-state index contributed by atoms with van der Waals surface area (Å²) in [6.45, 7) is 4.68. The van der Waals surface area contributed by atoms with Crippen LogP contribution in [0, 0.1) is 0 Å². The van der Waals surface area contributed by atoms with Crippen molar-refractivity contribution in [3.8, 4) is 5.75 Å². The largest absolute Gasteiger partial charge is 0.494 e. The van der Waals surface area contributed by atoms with Gasteiger partial charge < -0.3 is 14.6 Å². The van der Waals surface area contributed by atoms with E-state index in [0.717, 1.165) is 42.5 Å². The van der Waals surface area contributed by atoms with E-state index in [-0.39, 0.29) is 5.56 Å². The van der Waals surface area contributed by atoms with Crippen molar-refractivity contribution in [1.82, 2.24) is 9.88 Å². The molecular weight excluding hydrogens is 288 g/mol. The Morgan fingerprint density at radius 3 is 3.00 bits per heavy atom. The number of aryl methyl sites for hydroxylation is 1. The molecule has 1 saturated heterocycles. The summed E-state index contributed by atoms with van der Waals surface area (Å²) in [6.07, 6.45) is 7.70. The molecule has 4 nitrogen and oxygen atoms in total. The van der Waals surface area contributed by atoms with Crippen LogP contribution >= 0.6 is 0 Å². The van der Waals surface area contributed by atoms with Crippen molar-refractivity contribution < 1.29 is 4.74 Å². The summed E-state index contributed by atoms with van der Waals surface area (Å²) in [5.74, 6) is 0.836. The van der Waals surface area contributed by atoms with Crippen LogP contribution in [0.2, 0.25) is 0 Å². The number of hydrogen-bond donors (Lipinski definition) is 1. The molecular formula is C19H26N2O2. The molecule has 1 atom stereocenters. The number of rotatable bonds is 6. The zero-order valence-electron chi connectivity index (χ0n) is 13.9. The first-order valence-electron chi connectivity index (χ1n) is 8.77. The standard InChI is InChI=1S/C19H26N2O2/c1-2-13-23-17-6-7-18-15(14-17)8-11-21(19(18)22)12-9-16-5-3-4-10-20-16/h6-8,11,14,16,20H,2-5,9-10,12-13H2,1H3. The van der Waals surface area contributed by atoms with Crippen LogP contribution in [0.1, 0.15) is 39.0 Å². The number of benzene rings is 1. The van der Waals surface area contributed by atoms with Crippen molar-refractivity contribution in [2.24, 2.45) is 0 Å². The van der Waals surface area contributed by atoms with Crippen LogP contribution in [0.3, 0.4) is 0 Å². The Labute approximate surface area is 137 Å². The molecule has 4 heteroatoms. The number of fused-ring (bicyclic) bond motifs is 1. The first-order chi connectivity index (χ1) is 11.3. The van der Waals surface area contributed by atoms with Gasteiger partial charge in [-0.15, -0.1) is 0 Å². The van der Waals surface area contributed by atoms with Crippen LogP contribution < -0.4 is 15.6 Å². The summed E-state index contributed by atoms with van der Waals surface area (Å²) < 4.78 is 7.48. The zero-order valence-corrected chi connectivity index (χ0v) is 13.9. The van der Waals surface area contributed by atoms with Gasteiger partial charge in [0.05, 0.1) is 6.61 Å². The number of piperidine rings is 1. The van der Waals surface area contributed by atoms with Crippen LogP contribution in [0.15, 0.2) is 35.3 Å². The predicted octanol–water partition coefficient (Wildman–Crippen LogP) is 3.32. The van der Waals surface area contributed by atoms with Crippen molar-refractivity contribution in [3.05, 3.63) is 40.8 Å². The monoisotopic (exact) mass is 314 g/mol. The third-order valence-electron chi connectivity index (χ3n) is 4.55. The van der Waals surface area contributed by atoms with Crippen molar-refractivity contribution in [2.45, 2.75) is 51.6 Å². The van der Waals surface area contributed by atoms with E-state index < -0.39 is 0 Å². The Morgan fingerprint density at radius 2 is 2.22 bits per heavy atom. The number of ether oxygens (including phenoxy) is 1. The quantitative estimate of drug-likeness (QED) is 0.889. The molecule has 1 unspecified atom stereocenters. The molecule has 0 aliphatic carbocycles. The van der Waals surface area contributed by atoms with Gasteiger partial charge in [0.2, 0.25) is 0 Å². The predicted molar refractivity (Wildman–Crippen MR) is 94.3 cm³/mol. The Balaban J connectivity index is 1.74. The second-order valence-corrected chi connectivity index (χ2v) is 6.35. The van der Waals surface area contributed by atoms with E-state index in [1.807, 2.05) is 35.0 Å². The number of aromatic nitrogens is 1. The smallest absolute Gasteiger partial charge is 0.258 e. The third kappa shape index (κ3) is 3.94. The van der Waals surface area contributed by atoms with Crippen LogP contribution in [0.25, 0.3) is 10.8 Å². The molecule has 1 fully saturated rings. The fourth-order valence-electron chi connectivity index (χ4n) is 3.22.